The number of fused-ring (bicyclic) bond motifs is 1. The average Bonchev–Trinajstić information content (AvgIpc) is 3.44. The Kier molecular flexibility index (Phi) is 6.72. The first-order valence-corrected chi connectivity index (χ1v) is 13.8. The van der Waals surface area contributed by atoms with Crippen molar-refractivity contribution in [2.45, 2.75) is 62.6 Å². The molecule has 0 spiro atoms. The Balaban J connectivity index is 1.51. The number of amides is 1. The number of carbonyl (C=O) groups excluding carboxylic acids is 1. The molecule has 188 valence electrons. The number of pyridine rings is 1. The van der Waals surface area contributed by atoms with Crippen LogP contribution >= 0.6 is 0 Å². The summed E-state index contributed by atoms with van der Waals surface area (Å²) in [5.74, 6) is 1.30. The van der Waals surface area contributed by atoms with Gasteiger partial charge in [-0.25, -0.2) is 23.1 Å². The van der Waals surface area contributed by atoms with Crippen molar-refractivity contribution in [3.05, 3.63) is 60.6 Å². The Bertz CT molecular complexity index is 1360. The molecule has 0 unspecified atom stereocenters. The van der Waals surface area contributed by atoms with Gasteiger partial charge in [0.1, 0.15) is 11.7 Å². The molecule has 1 amide bonds. The number of nitrogens with one attached hydrogen (secondary N) is 1. The number of benzene rings is 1. The SMILES string of the molecule is CC[C@@H]1C(=O)N(C)c2cnc(-c3ccncc3CNS(=O)(=O)c3ccccc3)nc2N1C1CCCC1. The summed E-state index contributed by atoms with van der Waals surface area (Å²) < 4.78 is 28.2. The average molecular weight is 507 g/mol. The van der Waals surface area contributed by atoms with Crippen molar-refractivity contribution in [1.82, 2.24) is 19.7 Å². The van der Waals surface area contributed by atoms with Gasteiger partial charge < -0.3 is 9.80 Å². The number of rotatable bonds is 7. The normalized spacial score (nSPS) is 18.5. The van der Waals surface area contributed by atoms with E-state index in [0.717, 1.165) is 31.5 Å². The molecule has 1 fully saturated rings. The van der Waals surface area contributed by atoms with Crippen LogP contribution in [0.3, 0.4) is 0 Å². The standard InChI is InChI=1S/C26H30N6O3S/c1-3-22-26(33)31(2)23-17-28-24(30-25(23)32(22)19-9-7-8-10-19)21-13-14-27-15-18(21)16-29-36(34,35)20-11-5-4-6-12-20/h4-6,11-15,17,19,22,29H,3,7-10,16H2,1-2H3/t22-/m1/s1. The fourth-order valence-corrected chi connectivity index (χ4v) is 6.18. The van der Waals surface area contributed by atoms with Crippen molar-refractivity contribution in [3.63, 3.8) is 0 Å². The van der Waals surface area contributed by atoms with Crippen LogP contribution in [0.2, 0.25) is 0 Å². The number of nitrogens with zero attached hydrogens (tertiary/aromatic N) is 5. The number of sulfonamides is 1. The molecule has 10 heteroatoms. The van der Waals surface area contributed by atoms with Gasteiger partial charge in [0.15, 0.2) is 11.6 Å². The summed E-state index contributed by atoms with van der Waals surface area (Å²) in [6.45, 7) is 2.08. The van der Waals surface area contributed by atoms with E-state index in [-0.39, 0.29) is 29.4 Å². The highest BCUT2D eigenvalue weighted by atomic mass is 32.2. The van der Waals surface area contributed by atoms with Gasteiger partial charge in [0.2, 0.25) is 15.9 Å². The van der Waals surface area contributed by atoms with Gasteiger partial charge in [-0.15, -0.1) is 0 Å². The van der Waals surface area contributed by atoms with Crippen LogP contribution in [0.4, 0.5) is 11.5 Å². The van der Waals surface area contributed by atoms with Gasteiger partial charge >= 0.3 is 0 Å². The molecular weight excluding hydrogens is 476 g/mol. The van der Waals surface area contributed by atoms with E-state index in [0.29, 0.717) is 29.1 Å². The quantitative estimate of drug-likeness (QED) is 0.522. The predicted octanol–water partition coefficient (Wildman–Crippen LogP) is 3.52. The zero-order valence-electron chi connectivity index (χ0n) is 20.5. The maximum absolute atomic E-state index is 13.1. The van der Waals surface area contributed by atoms with E-state index in [9.17, 15) is 13.2 Å². The third-order valence-corrected chi connectivity index (χ3v) is 8.48. The molecule has 3 aromatic rings. The summed E-state index contributed by atoms with van der Waals surface area (Å²) in [5.41, 5.74) is 2.06. The highest BCUT2D eigenvalue weighted by molar-refractivity contribution is 7.89. The fraction of sp³-hybridized carbons (Fsp3) is 0.385. The molecule has 2 aliphatic rings. The van der Waals surface area contributed by atoms with Crippen molar-refractivity contribution >= 4 is 27.4 Å². The van der Waals surface area contributed by atoms with Crippen LogP contribution < -0.4 is 14.5 Å². The Labute approximate surface area is 211 Å². The first kappa shape index (κ1) is 24.3. The van der Waals surface area contributed by atoms with E-state index in [1.807, 2.05) is 6.92 Å². The second-order valence-electron chi connectivity index (χ2n) is 9.24. The first-order valence-electron chi connectivity index (χ1n) is 12.3. The van der Waals surface area contributed by atoms with Crippen molar-refractivity contribution in [3.8, 4) is 11.4 Å². The van der Waals surface area contributed by atoms with Crippen LogP contribution in [0.15, 0.2) is 59.9 Å². The number of hydrogen-bond donors (Lipinski definition) is 1. The zero-order valence-corrected chi connectivity index (χ0v) is 21.3. The van der Waals surface area contributed by atoms with Crippen molar-refractivity contribution in [2.75, 3.05) is 16.8 Å². The molecule has 2 aromatic heterocycles. The Morgan fingerprint density at radius 1 is 1.08 bits per heavy atom. The summed E-state index contributed by atoms with van der Waals surface area (Å²) >= 11 is 0. The van der Waals surface area contributed by atoms with Gasteiger partial charge in [-0.1, -0.05) is 38.0 Å². The number of anilines is 2. The fourth-order valence-electron chi connectivity index (χ4n) is 5.15. The minimum absolute atomic E-state index is 0.0448. The molecule has 1 saturated carbocycles. The molecule has 3 heterocycles. The van der Waals surface area contributed by atoms with E-state index in [1.165, 1.54) is 0 Å². The molecule has 0 radical (unpaired) electrons. The Morgan fingerprint density at radius 3 is 2.56 bits per heavy atom. The van der Waals surface area contributed by atoms with Gasteiger partial charge in [0.05, 0.1) is 11.1 Å². The minimum atomic E-state index is -3.69. The lowest BCUT2D eigenvalue weighted by Crippen LogP contribution is -2.55. The van der Waals surface area contributed by atoms with Crippen molar-refractivity contribution < 1.29 is 13.2 Å². The molecule has 0 bridgehead atoms. The zero-order chi connectivity index (χ0) is 25.3. The van der Waals surface area contributed by atoms with E-state index in [2.05, 4.69) is 19.6 Å². The summed E-state index contributed by atoms with van der Waals surface area (Å²) in [6, 6.07) is 10.1. The summed E-state index contributed by atoms with van der Waals surface area (Å²) in [7, 11) is -1.91. The van der Waals surface area contributed by atoms with Crippen LogP contribution in [0.25, 0.3) is 11.4 Å². The third-order valence-electron chi connectivity index (χ3n) is 7.06. The van der Waals surface area contributed by atoms with Crippen molar-refractivity contribution in [2.24, 2.45) is 0 Å². The third kappa shape index (κ3) is 4.46. The number of likely N-dealkylation sites (N-methyl/N-ethyl adjacent to an activating group) is 1. The highest BCUT2D eigenvalue weighted by Gasteiger charge is 2.41. The molecule has 1 N–H and O–H groups in total. The lowest BCUT2D eigenvalue weighted by Gasteiger charge is -2.43. The van der Waals surface area contributed by atoms with Gasteiger partial charge in [-0.3, -0.25) is 9.78 Å². The van der Waals surface area contributed by atoms with Crippen LogP contribution in [0.1, 0.15) is 44.6 Å². The molecule has 0 saturated heterocycles. The molecule has 1 aromatic carbocycles. The molecule has 36 heavy (non-hydrogen) atoms. The molecule has 5 rings (SSSR count). The van der Waals surface area contributed by atoms with E-state index in [1.54, 1.807) is 66.9 Å². The topological polar surface area (TPSA) is 108 Å². The number of carbonyl (C=O) groups is 1. The Hall–Kier alpha value is -3.37. The van der Waals surface area contributed by atoms with Crippen molar-refractivity contribution in [1.29, 1.82) is 0 Å². The molecule has 1 atom stereocenters. The lowest BCUT2D eigenvalue weighted by atomic mass is 10.0. The molecule has 9 nitrogen and oxygen atoms in total. The van der Waals surface area contributed by atoms with Gasteiger partial charge in [0, 0.05) is 37.6 Å². The summed E-state index contributed by atoms with van der Waals surface area (Å²) in [5, 5.41) is 0. The van der Waals surface area contributed by atoms with Gasteiger partial charge in [-0.05, 0) is 43.0 Å². The highest BCUT2D eigenvalue weighted by Crippen LogP contribution is 2.40. The first-order chi connectivity index (χ1) is 17.4. The predicted molar refractivity (Wildman–Crippen MR) is 138 cm³/mol. The maximum atomic E-state index is 13.1. The van der Waals surface area contributed by atoms with Crippen LogP contribution in [-0.2, 0) is 21.4 Å². The van der Waals surface area contributed by atoms with Gasteiger partial charge in [0.25, 0.3) is 0 Å². The monoisotopic (exact) mass is 506 g/mol. The number of aromatic nitrogens is 3. The maximum Gasteiger partial charge on any atom is 0.249 e. The molecular formula is C26H30N6O3S. The van der Waals surface area contributed by atoms with Crippen LogP contribution in [0.5, 0.6) is 0 Å². The minimum Gasteiger partial charge on any atom is -0.340 e. The lowest BCUT2D eigenvalue weighted by molar-refractivity contribution is -0.120. The molecule has 1 aliphatic heterocycles. The smallest absolute Gasteiger partial charge is 0.249 e. The van der Waals surface area contributed by atoms with E-state index < -0.39 is 10.0 Å². The van der Waals surface area contributed by atoms with Gasteiger partial charge in [-0.2, -0.15) is 0 Å². The van der Waals surface area contributed by atoms with E-state index in [4.69, 9.17) is 4.98 Å². The molecule has 1 aliphatic carbocycles. The van der Waals surface area contributed by atoms with Crippen LogP contribution in [0, 0.1) is 0 Å². The summed E-state index contributed by atoms with van der Waals surface area (Å²) in [6.07, 6.45) is 10.0. The largest absolute Gasteiger partial charge is 0.340 e. The summed E-state index contributed by atoms with van der Waals surface area (Å²) in [4.78, 5) is 31.0. The number of hydrogen-bond acceptors (Lipinski definition) is 7. The van der Waals surface area contributed by atoms with Crippen LogP contribution in [-0.4, -0.2) is 48.4 Å². The second-order valence-corrected chi connectivity index (χ2v) is 11.0. The second kappa shape index (κ2) is 9.94. The Morgan fingerprint density at radius 2 is 1.83 bits per heavy atom. The van der Waals surface area contributed by atoms with E-state index >= 15 is 0 Å².